The van der Waals surface area contributed by atoms with E-state index in [0.29, 0.717) is 12.1 Å². The summed E-state index contributed by atoms with van der Waals surface area (Å²) in [6.45, 7) is 1.95. The highest BCUT2D eigenvalue weighted by molar-refractivity contribution is 5.94. The van der Waals surface area contributed by atoms with Crippen LogP contribution in [0.3, 0.4) is 0 Å². The summed E-state index contributed by atoms with van der Waals surface area (Å²) in [7, 11) is 0. The molecule has 3 aromatic carbocycles. The van der Waals surface area contributed by atoms with E-state index < -0.39 is 5.97 Å². The number of amides is 1. The second-order valence-electron chi connectivity index (χ2n) is 6.49. The number of nitrogens with one attached hydrogen (secondary N) is 1. The molecule has 3 aromatic rings. The van der Waals surface area contributed by atoms with E-state index in [1.807, 2.05) is 66.7 Å². The number of aliphatic carboxylic acids is 1. The van der Waals surface area contributed by atoms with Crippen LogP contribution in [0.4, 0.5) is 0 Å². The molecule has 0 fully saturated rings. The van der Waals surface area contributed by atoms with Crippen LogP contribution in [0.5, 0.6) is 0 Å². The molecule has 0 bridgehead atoms. The number of carboxylic acids is 1. The molecule has 0 atom stereocenters. The maximum atomic E-state index is 12.2. The van der Waals surface area contributed by atoms with Gasteiger partial charge in [0.05, 0.1) is 5.97 Å². The Labute approximate surface area is 164 Å². The van der Waals surface area contributed by atoms with E-state index in [9.17, 15) is 14.7 Å². The van der Waals surface area contributed by atoms with E-state index in [1.165, 1.54) is 6.92 Å². The van der Waals surface area contributed by atoms with E-state index in [2.05, 4.69) is 5.32 Å². The van der Waals surface area contributed by atoms with E-state index in [4.69, 9.17) is 0 Å². The van der Waals surface area contributed by atoms with Crippen LogP contribution in [0.25, 0.3) is 17.2 Å². The summed E-state index contributed by atoms with van der Waals surface area (Å²) in [5.41, 5.74) is 4.66. The van der Waals surface area contributed by atoms with E-state index in [1.54, 1.807) is 18.2 Å². The monoisotopic (exact) mass is 370 g/mol. The first-order valence-electron chi connectivity index (χ1n) is 8.95. The molecule has 0 aliphatic carbocycles. The van der Waals surface area contributed by atoms with Gasteiger partial charge >= 0.3 is 0 Å². The van der Waals surface area contributed by atoms with Crippen molar-refractivity contribution in [3.63, 3.8) is 0 Å². The van der Waals surface area contributed by atoms with Crippen molar-refractivity contribution in [3.05, 3.63) is 101 Å². The van der Waals surface area contributed by atoms with E-state index in [-0.39, 0.29) is 11.5 Å². The van der Waals surface area contributed by atoms with Crippen LogP contribution in [0.2, 0.25) is 0 Å². The van der Waals surface area contributed by atoms with Gasteiger partial charge < -0.3 is 15.2 Å². The van der Waals surface area contributed by atoms with E-state index >= 15 is 0 Å². The fourth-order valence-electron chi connectivity index (χ4n) is 2.82. The molecule has 1 N–H and O–H groups in total. The quantitative estimate of drug-likeness (QED) is 0.676. The molecule has 0 saturated heterocycles. The molecule has 3 rings (SSSR count). The molecule has 0 saturated carbocycles. The van der Waals surface area contributed by atoms with Gasteiger partial charge in [-0.3, -0.25) is 4.79 Å². The van der Waals surface area contributed by atoms with Gasteiger partial charge in [-0.15, -0.1) is 0 Å². The predicted octanol–water partition coefficient (Wildman–Crippen LogP) is 3.44. The number of carbonyl (C=O) groups excluding carboxylic acids is 2. The minimum atomic E-state index is -1.17. The lowest BCUT2D eigenvalue weighted by molar-refractivity contribution is -0.299. The highest BCUT2D eigenvalue weighted by Crippen LogP contribution is 2.22. The normalized spacial score (nSPS) is 11.1. The van der Waals surface area contributed by atoms with Crippen LogP contribution in [0.15, 0.2) is 84.4 Å². The summed E-state index contributed by atoms with van der Waals surface area (Å²) in [6.07, 6.45) is 1.58. The zero-order chi connectivity index (χ0) is 19.9. The molecule has 0 radical (unpaired) electrons. The summed E-state index contributed by atoms with van der Waals surface area (Å²) in [5.74, 6) is -1.28. The third kappa shape index (κ3) is 4.95. The number of rotatable bonds is 6. The summed E-state index contributed by atoms with van der Waals surface area (Å²) < 4.78 is 0. The van der Waals surface area contributed by atoms with Crippen LogP contribution >= 0.6 is 0 Å². The lowest BCUT2D eigenvalue weighted by Crippen LogP contribution is -2.22. The topological polar surface area (TPSA) is 69.2 Å². The van der Waals surface area contributed by atoms with Crippen molar-refractivity contribution < 1.29 is 14.7 Å². The van der Waals surface area contributed by atoms with Gasteiger partial charge in [0.25, 0.3) is 5.91 Å². The molecule has 1 amide bonds. The first kappa shape index (κ1) is 19.1. The zero-order valence-electron chi connectivity index (χ0n) is 15.5. The molecule has 0 heterocycles. The fourth-order valence-corrected chi connectivity index (χ4v) is 2.82. The molecule has 0 aromatic heterocycles. The number of benzene rings is 3. The summed E-state index contributed by atoms with van der Waals surface area (Å²) in [6, 6.07) is 24.7. The van der Waals surface area contributed by atoms with E-state index in [0.717, 1.165) is 22.3 Å². The number of carbonyl (C=O) groups is 2. The van der Waals surface area contributed by atoms with Crippen molar-refractivity contribution in [1.82, 2.24) is 5.32 Å². The highest BCUT2D eigenvalue weighted by Gasteiger charge is 2.05. The van der Waals surface area contributed by atoms with Crippen molar-refractivity contribution in [2.24, 2.45) is 0 Å². The SMILES string of the molecule is C/C(=C\c1ccc(-c2cccc(CNC(=O)c3ccccc3)c2)cc1)C(=O)[O-]. The lowest BCUT2D eigenvalue weighted by Gasteiger charge is -2.08. The molecular formula is C24H20NO3-. The Morgan fingerprint density at radius 2 is 1.61 bits per heavy atom. The minimum Gasteiger partial charge on any atom is -0.545 e. The molecule has 0 aliphatic heterocycles. The molecular weight excluding hydrogens is 350 g/mol. The Kier molecular flexibility index (Phi) is 6.02. The van der Waals surface area contributed by atoms with Gasteiger partial charge in [-0.1, -0.05) is 66.7 Å². The fraction of sp³-hybridized carbons (Fsp3) is 0.0833. The van der Waals surface area contributed by atoms with Crippen LogP contribution in [0, 0.1) is 0 Å². The maximum absolute atomic E-state index is 12.2. The largest absolute Gasteiger partial charge is 0.545 e. The molecule has 0 spiro atoms. The van der Waals surface area contributed by atoms with Crippen LogP contribution < -0.4 is 10.4 Å². The van der Waals surface area contributed by atoms with Crippen molar-refractivity contribution in [1.29, 1.82) is 0 Å². The van der Waals surface area contributed by atoms with Gasteiger partial charge in [0.15, 0.2) is 0 Å². The van der Waals surface area contributed by atoms with Gasteiger partial charge in [-0.25, -0.2) is 0 Å². The second kappa shape index (κ2) is 8.82. The van der Waals surface area contributed by atoms with Gasteiger partial charge in [0, 0.05) is 12.1 Å². The first-order chi connectivity index (χ1) is 13.5. The van der Waals surface area contributed by atoms with Gasteiger partial charge in [0.2, 0.25) is 0 Å². The molecule has 0 unspecified atom stereocenters. The Bertz CT molecular complexity index is 1010. The average Bonchev–Trinajstić information content (AvgIpc) is 2.73. The van der Waals surface area contributed by atoms with Crippen molar-refractivity contribution in [3.8, 4) is 11.1 Å². The number of carboxylic acid groups (broad SMARTS) is 1. The number of hydrogen-bond donors (Lipinski definition) is 1. The Balaban J connectivity index is 1.70. The molecule has 0 aliphatic rings. The number of hydrogen-bond acceptors (Lipinski definition) is 3. The van der Waals surface area contributed by atoms with Crippen molar-refractivity contribution in [2.75, 3.05) is 0 Å². The molecule has 28 heavy (non-hydrogen) atoms. The van der Waals surface area contributed by atoms with Gasteiger partial charge in [-0.2, -0.15) is 0 Å². The predicted molar refractivity (Wildman–Crippen MR) is 108 cm³/mol. The molecule has 4 nitrogen and oxygen atoms in total. The summed E-state index contributed by atoms with van der Waals surface area (Å²) >= 11 is 0. The smallest absolute Gasteiger partial charge is 0.251 e. The van der Waals surface area contributed by atoms with Crippen LogP contribution in [0.1, 0.15) is 28.4 Å². The Morgan fingerprint density at radius 1 is 0.893 bits per heavy atom. The standard InChI is InChI=1S/C24H21NO3/c1-17(24(27)28)14-18-10-12-20(13-11-18)22-9-5-6-19(15-22)16-25-23(26)21-7-3-2-4-8-21/h2-15H,16H2,1H3,(H,25,26)(H,27,28)/p-1/b17-14+. The van der Waals surface area contributed by atoms with Gasteiger partial charge in [-0.05, 0) is 52.9 Å². The minimum absolute atomic E-state index is 0.106. The third-order valence-corrected chi connectivity index (χ3v) is 4.37. The summed E-state index contributed by atoms with van der Waals surface area (Å²) in [4.78, 5) is 23.0. The van der Waals surface area contributed by atoms with Crippen molar-refractivity contribution >= 4 is 18.0 Å². The Morgan fingerprint density at radius 3 is 2.29 bits per heavy atom. The van der Waals surface area contributed by atoms with Crippen molar-refractivity contribution in [2.45, 2.75) is 13.5 Å². The maximum Gasteiger partial charge on any atom is 0.251 e. The summed E-state index contributed by atoms with van der Waals surface area (Å²) in [5, 5.41) is 13.7. The van der Waals surface area contributed by atoms with Crippen LogP contribution in [-0.4, -0.2) is 11.9 Å². The Hall–Kier alpha value is -3.66. The highest BCUT2D eigenvalue weighted by atomic mass is 16.4. The average molecular weight is 370 g/mol. The first-order valence-corrected chi connectivity index (χ1v) is 8.95. The third-order valence-electron chi connectivity index (χ3n) is 4.37. The second-order valence-corrected chi connectivity index (χ2v) is 6.49. The van der Waals surface area contributed by atoms with Crippen LogP contribution in [-0.2, 0) is 11.3 Å². The zero-order valence-corrected chi connectivity index (χ0v) is 15.5. The lowest BCUT2D eigenvalue weighted by atomic mass is 10.0. The molecule has 140 valence electrons. The molecule has 4 heteroatoms. The van der Waals surface area contributed by atoms with Gasteiger partial charge in [0.1, 0.15) is 0 Å².